The monoisotopic (exact) mass is 263 g/mol. The molecule has 2 aliphatic rings. The molecule has 0 radical (unpaired) electrons. The van der Waals surface area contributed by atoms with Crippen LogP contribution in [0.4, 0.5) is 0 Å². The Morgan fingerprint density at radius 3 is 2.32 bits per heavy atom. The Kier molecular flexibility index (Phi) is 3.56. The van der Waals surface area contributed by atoms with Crippen LogP contribution < -0.4 is 5.32 Å². The molecule has 1 aromatic heterocycles. The Labute approximate surface area is 115 Å². The largest absolute Gasteiger partial charge is 0.307 e. The second-order valence-corrected chi connectivity index (χ2v) is 6.67. The van der Waals surface area contributed by atoms with Crippen LogP contribution in [0.3, 0.4) is 0 Å². The molecule has 2 fully saturated rings. The van der Waals surface area contributed by atoms with Crippen molar-refractivity contribution in [2.24, 2.45) is 17.8 Å². The zero-order chi connectivity index (χ0) is 13.4. The van der Waals surface area contributed by atoms with Crippen LogP contribution in [0.25, 0.3) is 0 Å². The lowest BCUT2D eigenvalue weighted by atomic mass is 10.1. The van der Waals surface area contributed by atoms with Crippen molar-refractivity contribution in [2.75, 3.05) is 6.54 Å². The minimum absolute atomic E-state index is 0.234. The van der Waals surface area contributed by atoms with Crippen LogP contribution in [0.5, 0.6) is 0 Å². The van der Waals surface area contributed by atoms with Crippen LogP contribution in [0, 0.1) is 17.8 Å². The first-order chi connectivity index (χ1) is 9.16. The Balaban J connectivity index is 1.73. The first-order valence-corrected chi connectivity index (χ1v) is 7.68. The molecule has 2 aliphatic carbocycles. The first-order valence-electron chi connectivity index (χ1n) is 7.68. The maximum absolute atomic E-state index is 4.30. The van der Waals surface area contributed by atoms with Crippen molar-refractivity contribution in [2.45, 2.75) is 58.5 Å². The molecule has 0 bridgehead atoms. The number of nitrogens with zero attached hydrogens (tertiary/aromatic N) is 4. The van der Waals surface area contributed by atoms with Gasteiger partial charge in [0.15, 0.2) is 5.82 Å². The number of rotatable bonds is 7. The van der Waals surface area contributed by atoms with Crippen LogP contribution in [0.1, 0.15) is 64.4 Å². The third-order valence-corrected chi connectivity index (χ3v) is 4.23. The van der Waals surface area contributed by atoms with Crippen molar-refractivity contribution in [3.63, 3.8) is 0 Å². The Morgan fingerprint density at radius 2 is 1.79 bits per heavy atom. The summed E-state index contributed by atoms with van der Waals surface area (Å²) in [4.78, 5) is 0. The smallest absolute Gasteiger partial charge is 0.168 e. The van der Waals surface area contributed by atoms with E-state index < -0.39 is 0 Å². The van der Waals surface area contributed by atoms with E-state index in [-0.39, 0.29) is 6.04 Å². The van der Waals surface area contributed by atoms with Gasteiger partial charge in [-0.2, -0.15) is 0 Å². The molecule has 1 atom stereocenters. The summed E-state index contributed by atoms with van der Waals surface area (Å²) in [5.41, 5.74) is 0. The first kappa shape index (κ1) is 13.0. The van der Waals surface area contributed by atoms with E-state index in [4.69, 9.17) is 0 Å². The van der Waals surface area contributed by atoms with Crippen LogP contribution in [-0.2, 0) is 0 Å². The van der Waals surface area contributed by atoms with Gasteiger partial charge >= 0.3 is 0 Å². The van der Waals surface area contributed by atoms with Gasteiger partial charge in [0.2, 0.25) is 0 Å². The zero-order valence-corrected chi connectivity index (χ0v) is 12.2. The molecule has 0 spiro atoms. The summed E-state index contributed by atoms with van der Waals surface area (Å²) in [6, 6.07) is 0.797. The molecule has 5 heteroatoms. The highest BCUT2D eigenvalue weighted by Gasteiger charge is 2.44. The number of hydrogen-bond donors (Lipinski definition) is 1. The standard InChI is InChI=1S/C14H25N5/c1-9(2)8-15-10(3)14-16-17-18-19(14)13(11-4-5-11)12-6-7-12/h9-13,15H,4-8H2,1-3H3. The quantitative estimate of drug-likeness (QED) is 0.820. The lowest BCUT2D eigenvalue weighted by molar-refractivity contribution is 0.329. The van der Waals surface area contributed by atoms with Gasteiger partial charge in [0, 0.05) is 0 Å². The van der Waals surface area contributed by atoms with E-state index in [9.17, 15) is 0 Å². The van der Waals surface area contributed by atoms with E-state index >= 15 is 0 Å². The normalized spacial score (nSPS) is 21.3. The summed E-state index contributed by atoms with van der Waals surface area (Å²) in [7, 11) is 0. The minimum atomic E-state index is 0.234. The third-order valence-electron chi connectivity index (χ3n) is 4.23. The number of aromatic nitrogens is 4. The molecule has 19 heavy (non-hydrogen) atoms. The van der Waals surface area contributed by atoms with Crippen LogP contribution in [0.15, 0.2) is 0 Å². The molecular weight excluding hydrogens is 238 g/mol. The minimum Gasteiger partial charge on any atom is -0.307 e. The summed E-state index contributed by atoms with van der Waals surface area (Å²) in [6.07, 6.45) is 5.42. The van der Waals surface area contributed by atoms with E-state index in [2.05, 4.69) is 46.3 Å². The molecular formula is C14H25N5. The van der Waals surface area contributed by atoms with Gasteiger partial charge < -0.3 is 5.32 Å². The average Bonchev–Trinajstić information content (AvgIpc) is 3.27. The fourth-order valence-electron chi connectivity index (χ4n) is 2.86. The average molecular weight is 263 g/mol. The third kappa shape index (κ3) is 2.96. The van der Waals surface area contributed by atoms with E-state index in [0.717, 1.165) is 24.2 Å². The molecule has 5 nitrogen and oxygen atoms in total. The molecule has 2 saturated carbocycles. The van der Waals surface area contributed by atoms with Gasteiger partial charge in [-0.25, -0.2) is 4.68 Å². The van der Waals surface area contributed by atoms with Gasteiger partial charge in [0.05, 0.1) is 12.1 Å². The summed E-state index contributed by atoms with van der Waals surface area (Å²) >= 11 is 0. The molecule has 1 unspecified atom stereocenters. The summed E-state index contributed by atoms with van der Waals surface area (Å²) in [6.45, 7) is 7.62. The summed E-state index contributed by atoms with van der Waals surface area (Å²) in [5, 5.41) is 16.0. The zero-order valence-electron chi connectivity index (χ0n) is 12.2. The van der Waals surface area contributed by atoms with E-state index in [1.807, 2.05) is 0 Å². The van der Waals surface area contributed by atoms with Crippen LogP contribution in [-0.4, -0.2) is 26.8 Å². The number of tetrazole rings is 1. The Hall–Kier alpha value is -0.970. The van der Waals surface area contributed by atoms with Crippen molar-refractivity contribution >= 4 is 0 Å². The molecule has 0 aromatic carbocycles. The topological polar surface area (TPSA) is 55.6 Å². The van der Waals surface area contributed by atoms with Crippen LogP contribution >= 0.6 is 0 Å². The lowest BCUT2D eigenvalue weighted by Gasteiger charge is -2.21. The van der Waals surface area contributed by atoms with Crippen molar-refractivity contribution in [1.29, 1.82) is 0 Å². The maximum atomic E-state index is 4.30. The van der Waals surface area contributed by atoms with E-state index in [0.29, 0.717) is 12.0 Å². The fourth-order valence-corrected chi connectivity index (χ4v) is 2.86. The Morgan fingerprint density at radius 1 is 1.16 bits per heavy atom. The van der Waals surface area contributed by atoms with Gasteiger partial charge in [-0.1, -0.05) is 13.8 Å². The lowest BCUT2D eigenvalue weighted by Crippen LogP contribution is -2.28. The molecule has 0 saturated heterocycles. The molecule has 1 aromatic rings. The summed E-state index contributed by atoms with van der Waals surface area (Å²) in [5.74, 6) is 3.32. The second-order valence-electron chi connectivity index (χ2n) is 6.67. The van der Waals surface area contributed by atoms with E-state index in [1.165, 1.54) is 25.7 Å². The van der Waals surface area contributed by atoms with Crippen molar-refractivity contribution < 1.29 is 0 Å². The maximum Gasteiger partial charge on any atom is 0.168 e. The SMILES string of the molecule is CC(C)CNC(C)c1nnnn1C(C1CC1)C1CC1. The van der Waals surface area contributed by atoms with E-state index in [1.54, 1.807) is 0 Å². The predicted octanol–water partition coefficient (Wildman–Crippen LogP) is 2.34. The van der Waals surface area contributed by atoms with Gasteiger partial charge in [-0.15, -0.1) is 5.10 Å². The van der Waals surface area contributed by atoms with Crippen molar-refractivity contribution in [1.82, 2.24) is 25.5 Å². The number of nitrogens with one attached hydrogen (secondary N) is 1. The molecule has 106 valence electrons. The van der Waals surface area contributed by atoms with Gasteiger partial charge in [0.1, 0.15) is 0 Å². The molecule has 1 N–H and O–H groups in total. The molecule has 1 heterocycles. The van der Waals surface area contributed by atoms with Crippen molar-refractivity contribution in [3.05, 3.63) is 5.82 Å². The second kappa shape index (κ2) is 5.19. The van der Waals surface area contributed by atoms with Crippen LogP contribution in [0.2, 0.25) is 0 Å². The Bertz CT molecular complexity index is 407. The highest BCUT2D eigenvalue weighted by Crippen LogP contribution is 2.52. The molecule has 0 aliphatic heterocycles. The van der Waals surface area contributed by atoms with Crippen molar-refractivity contribution in [3.8, 4) is 0 Å². The summed E-state index contributed by atoms with van der Waals surface area (Å²) < 4.78 is 2.13. The number of hydrogen-bond acceptors (Lipinski definition) is 4. The fraction of sp³-hybridized carbons (Fsp3) is 0.929. The highest BCUT2D eigenvalue weighted by atomic mass is 15.6. The molecule has 3 rings (SSSR count). The highest BCUT2D eigenvalue weighted by molar-refractivity contribution is 5.00. The van der Waals surface area contributed by atoms with Gasteiger partial charge in [-0.05, 0) is 67.3 Å². The van der Waals surface area contributed by atoms with Gasteiger partial charge in [0.25, 0.3) is 0 Å². The predicted molar refractivity (Wildman–Crippen MR) is 73.6 cm³/mol. The van der Waals surface area contributed by atoms with Gasteiger partial charge in [-0.3, -0.25) is 0 Å². The molecule has 0 amide bonds.